The first kappa shape index (κ1) is 18.1. The van der Waals surface area contributed by atoms with Crippen LogP contribution in [0.1, 0.15) is 0 Å². The summed E-state index contributed by atoms with van der Waals surface area (Å²) in [5.74, 6) is 1.41. The number of ether oxygens (including phenoxy) is 2. The highest BCUT2D eigenvalue weighted by molar-refractivity contribution is 5.93. The molecule has 0 radical (unpaired) electrons. The van der Waals surface area contributed by atoms with Crippen molar-refractivity contribution in [2.45, 2.75) is 0 Å². The Hall–Kier alpha value is -3.92. The van der Waals surface area contributed by atoms with Gasteiger partial charge < -0.3 is 9.47 Å². The Morgan fingerprint density at radius 1 is 0.600 bits per heavy atom. The van der Waals surface area contributed by atoms with Crippen molar-refractivity contribution in [2.75, 3.05) is 14.2 Å². The number of pyridine rings is 2. The van der Waals surface area contributed by atoms with Gasteiger partial charge in [-0.1, -0.05) is 48.5 Å². The van der Waals surface area contributed by atoms with Crippen molar-refractivity contribution in [3.63, 3.8) is 0 Å². The Kier molecular flexibility index (Phi) is 4.52. The van der Waals surface area contributed by atoms with Gasteiger partial charge in [0, 0.05) is 34.8 Å². The van der Waals surface area contributed by atoms with Crippen molar-refractivity contribution in [1.29, 1.82) is 0 Å². The number of nitrogens with zero attached hydrogens (tertiary/aromatic N) is 2. The Labute approximate surface area is 174 Å². The molecule has 0 bridgehead atoms. The summed E-state index contributed by atoms with van der Waals surface area (Å²) in [7, 11) is 3.32. The molecule has 5 aromatic rings. The molecular weight excluding hydrogens is 372 g/mol. The fourth-order valence-electron chi connectivity index (χ4n) is 3.79. The highest BCUT2D eigenvalue weighted by atomic mass is 16.5. The van der Waals surface area contributed by atoms with Crippen molar-refractivity contribution in [1.82, 2.24) is 9.97 Å². The molecule has 0 spiro atoms. The molecule has 3 aromatic carbocycles. The first-order chi connectivity index (χ1) is 14.8. The van der Waals surface area contributed by atoms with Crippen LogP contribution in [0.15, 0.2) is 85.2 Å². The summed E-state index contributed by atoms with van der Waals surface area (Å²) in [5.41, 5.74) is 3.49. The van der Waals surface area contributed by atoms with E-state index in [1.165, 1.54) is 0 Å². The van der Waals surface area contributed by atoms with Crippen molar-refractivity contribution in [2.24, 2.45) is 0 Å². The maximum absolute atomic E-state index is 5.76. The highest BCUT2D eigenvalue weighted by Gasteiger charge is 2.18. The third-order valence-electron chi connectivity index (χ3n) is 5.33. The Balaban J connectivity index is 1.79. The Bertz CT molecular complexity index is 1380. The van der Waals surface area contributed by atoms with Crippen LogP contribution in [0.5, 0.6) is 11.5 Å². The second kappa shape index (κ2) is 7.48. The molecule has 0 aliphatic rings. The number of rotatable bonds is 4. The van der Waals surface area contributed by atoms with Gasteiger partial charge in [-0.2, -0.15) is 0 Å². The van der Waals surface area contributed by atoms with Gasteiger partial charge in [-0.15, -0.1) is 0 Å². The number of benzene rings is 3. The van der Waals surface area contributed by atoms with Gasteiger partial charge in [0.15, 0.2) is 0 Å². The fourth-order valence-corrected chi connectivity index (χ4v) is 3.79. The quantitative estimate of drug-likeness (QED) is 0.369. The summed E-state index contributed by atoms with van der Waals surface area (Å²) in [4.78, 5) is 9.48. The van der Waals surface area contributed by atoms with Crippen LogP contribution in [0.25, 0.3) is 44.1 Å². The van der Waals surface area contributed by atoms with Crippen LogP contribution >= 0.6 is 0 Å². The first-order valence-electron chi connectivity index (χ1n) is 9.73. The van der Waals surface area contributed by atoms with E-state index in [1.54, 1.807) is 14.2 Å². The molecule has 0 fully saturated rings. The molecule has 0 aliphatic heterocycles. The topological polar surface area (TPSA) is 44.2 Å². The summed E-state index contributed by atoms with van der Waals surface area (Å²) < 4.78 is 11.3. The minimum atomic E-state index is 0.696. The first-order valence-corrected chi connectivity index (χ1v) is 9.73. The molecule has 5 rings (SSSR count). The average Bonchev–Trinajstić information content (AvgIpc) is 2.82. The molecule has 0 saturated heterocycles. The van der Waals surface area contributed by atoms with Crippen molar-refractivity contribution < 1.29 is 9.47 Å². The van der Waals surface area contributed by atoms with E-state index in [4.69, 9.17) is 19.4 Å². The lowest BCUT2D eigenvalue weighted by Crippen LogP contribution is -1.97. The molecule has 0 N–H and O–H groups in total. The summed E-state index contributed by atoms with van der Waals surface area (Å²) in [5, 5.41) is 4.44. The van der Waals surface area contributed by atoms with E-state index >= 15 is 0 Å². The summed E-state index contributed by atoms with van der Waals surface area (Å²) in [6.07, 6.45) is 3.79. The third kappa shape index (κ3) is 3.12. The molecule has 2 aromatic heterocycles. The number of hydrogen-bond acceptors (Lipinski definition) is 4. The van der Waals surface area contributed by atoms with Crippen molar-refractivity contribution in [3.05, 3.63) is 85.2 Å². The summed E-state index contributed by atoms with van der Waals surface area (Å²) in [6, 6.07) is 24.4. The molecule has 4 heteroatoms. The van der Waals surface area contributed by atoms with Crippen LogP contribution in [0.4, 0.5) is 0 Å². The normalized spacial score (nSPS) is 11.0. The van der Waals surface area contributed by atoms with Crippen molar-refractivity contribution >= 4 is 21.5 Å². The maximum atomic E-state index is 5.76. The molecule has 4 nitrogen and oxygen atoms in total. The molecule has 30 heavy (non-hydrogen) atoms. The smallest absolute Gasteiger partial charge is 0.132 e. The number of fused-ring (bicyclic) bond motifs is 2. The van der Waals surface area contributed by atoms with Crippen LogP contribution in [-0.4, -0.2) is 24.2 Å². The van der Waals surface area contributed by atoms with Gasteiger partial charge in [0.05, 0.1) is 31.2 Å². The van der Waals surface area contributed by atoms with E-state index in [9.17, 15) is 0 Å². The SMILES string of the molecule is COc1cc(OC)c(-c2cc3ccccc3cn2)c(-c2cc3ccccc3cn2)c1. The Morgan fingerprint density at radius 3 is 1.77 bits per heavy atom. The van der Waals surface area contributed by atoms with Gasteiger partial charge in [0.25, 0.3) is 0 Å². The van der Waals surface area contributed by atoms with Gasteiger partial charge in [0.2, 0.25) is 0 Å². The predicted molar refractivity (Wildman–Crippen MR) is 121 cm³/mol. The molecule has 0 amide bonds. The van der Waals surface area contributed by atoms with Crippen molar-refractivity contribution in [3.8, 4) is 34.0 Å². The minimum Gasteiger partial charge on any atom is -0.497 e. The maximum Gasteiger partial charge on any atom is 0.132 e. The standard InChI is InChI=1S/C26H20N2O2/c1-29-21-13-22(23-11-17-7-3-5-9-19(17)15-27-23)26(25(14-21)30-2)24-12-18-8-4-6-10-20(18)16-28-24/h3-16H,1-2H3. The third-order valence-corrected chi connectivity index (χ3v) is 5.33. The van der Waals surface area contributed by atoms with Crippen LogP contribution in [0, 0.1) is 0 Å². The second-order valence-corrected chi connectivity index (χ2v) is 7.09. The van der Waals surface area contributed by atoms with Crippen LogP contribution in [-0.2, 0) is 0 Å². The van der Waals surface area contributed by atoms with Crippen LogP contribution in [0.3, 0.4) is 0 Å². The fraction of sp³-hybridized carbons (Fsp3) is 0.0769. The van der Waals surface area contributed by atoms with Gasteiger partial charge in [-0.05, 0) is 29.0 Å². The summed E-state index contributed by atoms with van der Waals surface area (Å²) in [6.45, 7) is 0. The molecule has 0 saturated carbocycles. The molecule has 2 heterocycles. The molecule has 0 atom stereocenters. The molecule has 146 valence electrons. The lowest BCUT2D eigenvalue weighted by atomic mass is 9.97. The van der Waals surface area contributed by atoms with E-state index in [0.717, 1.165) is 44.1 Å². The van der Waals surface area contributed by atoms with Crippen LogP contribution in [0.2, 0.25) is 0 Å². The summed E-state index contributed by atoms with van der Waals surface area (Å²) >= 11 is 0. The lowest BCUT2D eigenvalue weighted by molar-refractivity contribution is 0.395. The monoisotopic (exact) mass is 392 g/mol. The zero-order chi connectivity index (χ0) is 20.5. The van der Waals surface area contributed by atoms with E-state index < -0.39 is 0 Å². The highest BCUT2D eigenvalue weighted by Crippen LogP contribution is 2.42. The van der Waals surface area contributed by atoms with E-state index in [2.05, 4.69) is 36.4 Å². The van der Waals surface area contributed by atoms with E-state index in [-0.39, 0.29) is 0 Å². The largest absolute Gasteiger partial charge is 0.497 e. The molecular formula is C26H20N2O2. The zero-order valence-corrected chi connectivity index (χ0v) is 16.8. The average molecular weight is 392 g/mol. The molecule has 0 unspecified atom stereocenters. The number of methoxy groups -OCH3 is 2. The molecule has 0 aliphatic carbocycles. The zero-order valence-electron chi connectivity index (χ0n) is 16.8. The number of aromatic nitrogens is 2. The predicted octanol–water partition coefficient (Wildman–Crippen LogP) is 6.13. The van der Waals surface area contributed by atoms with Gasteiger partial charge in [-0.3, -0.25) is 9.97 Å². The Morgan fingerprint density at radius 2 is 1.17 bits per heavy atom. The van der Waals surface area contributed by atoms with Gasteiger partial charge in [-0.25, -0.2) is 0 Å². The minimum absolute atomic E-state index is 0.696. The van der Waals surface area contributed by atoms with E-state index in [0.29, 0.717) is 11.5 Å². The lowest BCUT2D eigenvalue weighted by Gasteiger charge is -2.16. The second-order valence-electron chi connectivity index (χ2n) is 7.09. The van der Waals surface area contributed by atoms with Gasteiger partial charge in [0.1, 0.15) is 11.5 Å². The van der Waals surface area contributed by atoms with Crippen LogP contribution < -0.4 is 9.47 Å². The van der Waals surface area contributed by atoms with E-state index in [1.807, 2.05) is 48.8 Å². The number of hydrogen-bond donors (Lipinski definition) is 0. The van der Waals surface area contributed by atoms with Gasteiger partial charge >= 0.3 is 0 Å².